The number of allylic oxidation sites excluding steroid dienone is 6. The molecule has 0 spiro atoms. The molecule has 6 heteroatoms. The second-order valence-electron chi connectivity index (χ2n) is 21.3. The molecule has 0 aliphatic rings. The summed E-state index contributed by atoms with van der Waals surface area (Å²) in [6.07, 6.45) is 73.1. The lowest BCUT2D eigenvalue weighted by Crippen LogP contribution is -2.30. The van der Waals surface area contributed by atoms with Crippen molar-refractivity contribution >= 4 is 17.9 Å². The molecule has 1 unspecified atom stereocenters. The molecule has 0 amide bonds. The Kier molecular flexibility index (Phi) is 58.2. The molecule has 0 aliphatic heterocycles. The van der Waals surface area contributed by atoms with Crippen LogP contribution in [0, 0.1) is 0 Å². The highest BCUT2D eigenvalue weighted by atomic mass is 16.6. The highest BCUT2D eigenvalue weighted by Crippen LogP contribution is 2.18. The van der Waals surface area contributed by atoms with Crippen LogP contribution in [0.3, 0.4) is 0 Å². The summed E-state index contributed by atoms with van der Waals surface area (Å²) in [6.45, 7) is 6.60. The number of hydrogen-bond acceptors (Lipinski definition) is 6. The van der Waals surface area contributed by atoms with Gasteiger partial charge in [-0.05, 0) is 70.6 Å². The van der Waals surface area contributed by atoms with E-state index in [4.69, 9.17) is 14.2 Å². The second kappa shape index (κ2) is 60.2. The summed E-state index contributed by atoms with van der Waals surface area (Å²) in [4.78, 5) is 38.2. The molecule has 6 nitrogen and oxygen atoms in total. The van der Waals surface area contributed by atoms with E-state index in [1.165, 1.54) is 218 Å². The van der Waals surface area contributed by atoms with Gasteiger partial charge < -0.3 is 14.2 Å². The molecule has 71 heavy (non-hydrogen) atoms. The maximum Gasteiger partial charge on any atom is 0.306 e. The van der Waals surface area contributed by atoms with E-state index < -0.39 is 6.10 Å². The minimum atomic E-state index is -0.777. The van der Waals surface area contributed by atoms with Crippen molar-refractivity contribution in [3.8, 4) is 0 Å². The van der Waals surface area contributed by atoms with Crippen molar-refractivity contribution in [1.82, 2.24) is 0 Å². The van der Waals surface area contributed by atoms with Crippen molar-refractivity contribution in [2.75, 3.05) is 13.2 Å². The third-order valence-electron chi connectivity index (χ3n) is 14.1. The lowest BCUT2D eigenvalue weighted by molar-refractivity contribution is -0.167. The number of unbranched alkanes of at least 4 members (excludes halogenated alkanes) is 41. The summed E-state index contributed by atoms with van der Waals surface area (Å²) in [5, 5.41) is 0. The van der Waals surface area contributed by atoms with Crippen molar-refractivity contribution in [1.29, 1.82) is 0 Å². The molecular weight excluding hydrogens is 877 g/mol. The molecule has 0 heterocycles. The molecule has 416 valence electrons. The standard InChI is InChI=1S/C65H120O6/c1-4-7-10-13-16-19-22-24-26-28-30-31-32-33-34-35-36-38-39-41-43-46-49-52-55-58-64(67)70-61-62(60-69-63(66)57-54-51-48-45-21-18-15-12-9-6-3)71-65(68)59-56-53-50-47-44-42-40-37-29-27-25-23-20-17-14-11-8-5-2/h12,15,20,23,27,29,62H,4-11,13-14,16-19,21-22,24-26,28,30-61H2,1-3H3/b15-12-,23-20-,29-27-. The van der Waals surface area contributed by atoms with E-state index in [-0.39, 0.29) is 31.1 Å². The minimum absolute atomic E-state index is 0.0744. The second-order valence-corrected chi connectivity index (χ2v) is 21.3. The van der Waals surface area contributed by atoms with Gasteiger partial charge in [0, 0.05) is 19.3 Å². The lowest BCUT2D eigenvalue weighted by atomic mass is 10.0. The Balaban J connectivity index is 4.18. The van der Waals surface area contributed by atoms with Crippen molar-refractivity contribution < 1.29 is 28.6 Å². The molecule has 0 N–H and O–H groups in total. The Labute approximate surface area is 442 Å². The average molecular weight is 998 g/mol. The van der Waals surface area contributed by atoms with Gasteiger partial charge in [0.05, 0.1) is 0 Å². The molecule has 1 atom stereocenters. The summed E-state index contributed by atoms with van der Waals surface area (Å²) in [7, 11) is 0. The van der Waals surface area contributed by atoms with Crippen LogP contribution in [0.25, 0.3) is 0 Å². The maximum atomic E-state index is 12.9. The monoisotopic (exact) mass is 997 g/mol. The van der Waals surface area contributed by atoms with Crippen LogP contribution in [0.15, 0.2) is 36.5 Å². The minimum Gasteiger partial charge on any atom is -0.462 e. The first kappa shape index (κ1) is 68.6. The topological polar surface area (TPSA) is 78.9 Å². The smallest absolute Gasteiger partial charge is 0.306 e. The van der Waals surface area contributed by atoms with E-state index in [0.717, 1.165) is 83.5 Å². The van der Waals surface area contributed by atoms with Crippen molar-refractivity contribution in [2.24, 2.45) is 0 Å². The van der Waals surface area contributed by atoms with Gasteiger partial charge in [0.2, 0.25) is 0 Å². The van der Waals surface area contributed by atoms with Crippen LogP contribution >= 0.6 is 0 Å². The molecule has 0 saturated carbocycles. The number of carbonyl (C=O) groups is 3. The Morgan fingerprint density at radius 2 is 0.535 bits per heavy atom. The number of esters is 3. The van der Waals surface area contributed by atoms with E-state index in [1.54, 1.807) is 0 Å². The molecule has 0 radical (unpaired) electrons. The Bertz CT molecular complexity index is 1190. The van der Waals surface area contributed by atoms with Crippen LogP contribution in [-0.2, 0) is 28.6 Å². The van der Waals surface area contributed by atoms with E-state index in [9.17, 15) is 14.4 Å². The van der Waals surface area contributed by atoms with Gasteiger partial charge in [0.25, 0.3) is 0 Å². The highest BCUT2D eigenvalue weighted by Gasteiger charge is 2.19. The maximum absolute atomic E-state index is 12.9. The zero-order chi connectivity index (χ0) is 51.4. The van der Waals surface area contributed by atoms with Crippen LogP contribution in [0.5, 0.6) is 0 Å². The quantitative estimate of drug-likeness (QED) is 0.0261. The van der Waals surface area contributed by atoms with Gasteiger partial charge in [-0.15, -0.1) is 0 Å². The Hall–Kier alpha value is -2.37. The van der Waals surface area contributed by atoms with Gasteiger partial charge in [0.1, 0.15) is 13.2 Å². The molecular formula is C65H120O6. The predicted octanol–water partition coefficient (Wildman–Crippen LogP) is 21.2. The normalized spacial score (nSPS) is 12.2. The van der Waals surface area contributed by atoms with E-state index in [1.807, 2.05) is 0 Å². The summed E-state index contributed by atoms with van der Waals surface area (Å²) < 4.78 is 16.9. The van der Waals surface area contributed by atoms with Gasteiger partial charge in [-0.3, -0.25) is 14.4 Å². The first-order valence-electron chi connectivity index (χ1n) is 31.5. The Morgan fingerprint density at radius 3 is 0.859 bits per heavy atom. The molecule has 0 aromatic heterocycles. The largest absolute Gasteiger partial charge is 0.462 e. The number of ether oxygens (including phenoxy) is 3. The summed E-state index contributed by atoms with van der Waals surface area (Å²) in [6, 6.07) is 0. The molecule has 0 rings (SSSR count). The van der Waals surface area contributed by atoms with Crippen molar-refractivity contribution in [3.05, 3.63) is 36.5 Å². The van der Waals surface area contributed by atoms with E-state index >= 15 is 0 Å². The van der Waals surface area contributed by atoms with Gasteiger partial charge >= 0.3 is 17.9 Å². The summed E-state index contributed by atoms with van der Waals surface area (Å²) in [5.41, 5.74) is 0. The number of hydrogen-bond donors (Lipinski definition) is 0. The molecule has 0 saturated heterocycles. The van der Waals surface area contributed by atoms with Crippen LogP contribution in [-0.4, -0.2) is 37.2 Å². The fraction of sp³-hybridized carbons (Fsp3) is 0.862. The van der Waals surface area contributed by atoms with Crippen LogP contribution in [0.2, 0.25) is 0 Å². The fourth-order valence-corrected chi connectivity index (χ4v) is 9.36. The van der Waals surface area contributed by atoms with Crippen LogP contribution < -0.4 is 0 Å². The third-order valence-corrected chi connectivity index (χ3v) is 14.1. The van der Waals surface area contributed by atoms with Gasteiger partial charge in [-0.25, -0.2) is 0 Å². The zero-order valence-electron chi connectivity index (χ0n) is 47.8. The molecule has 0 aromatic rings. The van der Waals surface area contributed by atoms with E-state index in [2.05, 4.69) is 57.2 Å². The van der Waals surface area contributed by atoms with Crippen molar-refractivity contribution in [3.63, 3.8) is 0 Å². The molecule has 0 aromatic carbocycles. The predicted molar refractivity (Wildman–Crippen MR) is 307 cm³/mol. The van der Waals surface area contributed by atoms with Gasteiger partial charge in [-0.2, -0.15) is 0 Å². The van der Waals surface area contributed by atoms with E-state index in [0.29, 0.717) is 19.3 Å². The average Bonchev–Trinajstić information content (AvgIpc) is 3.37. The highest BCUT2D eigenvalue weighted by molar-refractivity contribution is 5.71. The third kappa shape index (κ3) is 58.4. The number of rotatable bonds is 58. The van der Waals surface area contributed by atoms with Crippen molar-refractivity contribution in [2.45, 2.75) is 348 Å². The fourth-order valence-electron chi connectivity index (χ4n) is 9.36. The zero-order valence-corrected chi connectivity index (χ0v) is 47.8. The van der Waals surface area contributed by atoms with Gasteiger partial charge in [0.15, 0.2) is 6.10 Å². The van der Waals surface area contributed by atoms with Gasteiger partial charge in [-0.1, -0.05) is 288 Å². The summed E-state index contributed by atoms with van der Waals surface area (Å²) in [5.74, 6) is -0.874. The van der Waals surface area contributed by atoms with Crippen LogP contribution in [0.4, 0.5) is 0 Å². The molecule has 0 fully saturated rings. The number of carbonyl (C=O) groups excluding carboxylic acids is 3. The first-order valence-corrected chi connectivity index (χ1v) is 31.5. The van der Waals surface area contributed by atoms with Crippen LogP contribution in [0.1, 0.15) is 342 Å². The SMILES string of the molecule is CCC/C=C\CCCCCCCC(=O)OCC(COC(=O)CCCCCCCCCCCCCCCCCCCCCCCCCCC)OC(=O)CCCCCCCCC/C=C\C/C=C\CCCCCC. The molecule has 0 aliphatic carbocycles. The summed E-state index contributed by atoms with van der Waals surface area (Å²) >= 11 is 0. The Morgan fingerprint density at radius 1 is 0.282 bits per heavy atom. The lowest BCUT2D eigenvalue weighted by Gasteiger charge is -2.18. The molecule has 0 bridgehead atoms. The first-order chi connectivity index (χ1) is 35.0.